The number of aliphatic carboxylic acids is 2. The predicted octanol–water partition coefficient (Wildman–Crippen LogP) is -4.98. The number of aliphatic hydroxyl groups excluding tert-OH is 4. The Bertz CT molecular complexity index is 597. The fourth-order valence-corrected chi connectivity index (χ4v) is 1.60. The molecule has 8 N–H and O–H groups in total. The molecule has 32 heavy (non-hydrogen) atoms. The van der Waals surface area contributed by atoms with Gasteiger partial charge in [0.1, 0.15) is 6.10 Å². The van der Waals surface area contributed by atoms with Gasteiger partial charge < -0.3 is 56.3 Å². The van der Waals surface area contributed by atoms with E-state index in [1.807, 2.05) is 0 Å². The van der Waals surface area contributed by atoms with Gasteiger partial charge in [-0.2, -0.15) is 0 Å². The molecular formula is C18H34CaN2O11. The molecule has 0 spiro atoms. The van der Waals surface area contributed by atoms with Crippen molar-refractivity contribution < 1.29 is 55.6 Å². The second-order valence-corrected chi connectivity index (χ2v) is 7.88. The second kappa shape index (κ2) is 18.4. The van der Waals surface area contributed by atoms with Crippen molar-refractivity contribution in [1.82, 2.24) is 5.32 Å². The topological polar surface area (TPSA) is 254 Å². The van der Waals surface area contributed by atoms with E-state index in [2.05, 4.69) is 10.3 Å². The standard InChI is InChI=1S/2C9H17NO5.Ca.H2O/c2*1-9(2,5-11)7(14)8(15)10-4-3-6(12)13;;/h2*7,11,14H,3-5H2,1-2H3,(H,10,15)(H,12,13);;1H2/q;;+2;/p-2/t2*7-;;/m00../s1. The summed E-state index contributed by atoms with van der Waals surface area (Å²) in [6, 6.07) is 0. The van der Waals surface area contributed by atoms with Crippen molar-refractivity contribution in [2.75, 3.05) is 26.3 Å². The van der Waals surface area contributed by atoms with Gasteiger partial charge in [0.2, 0.25) is 5.91 Å². The SMILES string of the molecule is CC(C)(CO)[C@@H](O)C(=O)NCCC(=O)O.CC(C)(CO)[C@@H](O)C([O-])=NCCC(=O)[O-].O.[Ca+2]. The number of hydrogen-bond acceptors (Lipinski definition) is 10. The molecule has 0 saturated heterocycles. The molecular weight excluding hydrogens is 460 g/mol. The summed E-state index contributed by atoms with van der Waals surface area (Å²) in [6.45, 7) is 5.12. The van der Waals surface area contributed by atoms with Crippen molar-refractivity contribution in [3.63, 3.8) is 0 Å². The van der Waals surface area contributed by atoms with Crippen LogP contribution in [0.25, 0.3) is 0 Å². The quantitative estimate of drug-likeness (QED) is 0.0855. The summed E-state index contributed by atoms with van der Waals surface area (Å²) in [5.74, 6) is -3.82. The van der Waals surface area contributed by atoms with Gasteiger partial charge in [-0.05, 0) is 5.90 Å². The Morgan fingerprint density at radius 1 is 0.938 bits per heavy atom. The number of aliphatic hydroxyl groups is 4. The Hall–Kier alpha value is -1.06. The Balaban J connectivity index is -0.000000231. The summed E-state index contributed by atoms with van der Waals surface area (Å²) in [5, 5.41) is 68.5. The molecule has 0 heterocycles. The molecule has 0 radical (unpaired) electrons. The van der Waals surface area contributed by atoms with Crippen molar-refractivity contribution in [1.29, 1.82) is 0 Å². The van der Waals surface area contributed by atoms with Crippen LogP contribution in [0.4, 0.5) is 0 Å². The number of carboxylic acids is 2. The zero-order valence-electron chi connectivity index (χ0n) is 18.8. The van der Waals surface area contributed by atoms with E-state index in [4.69, 9.17) is 15.3 Å². The van der Waals surface area contributed by atoms with Gasteiger partial charge >= 0.3 is 43.7 Å². The van der Waals surface area contributed by atoms with Crippen molar-refractivity contribution in [2.24, 2.45) is 15.8 Å². The monoisotopic (exact) mass is 494 g/mol. The number of carbonyl (C=O) groups excluding carboxylic acids is 2. The van der Waals surface area contributed by atoms with Crippen LogP contribution in [0.3, 0.4) is 0 Å². The number of carbonyl (C=O) groups is 3. The van der Waals surface area contributed by atoms with E-state index in [9.17, 15) is 34.8 Å². The summed E-state index contributed by atoms with van der Waals surface area (Å²) in [7, 11) is 0. The van der Waals surface area contributed by atoms with Gasteiger partial charge in [0.05, 0.1) is 25.7 Å². The molecule has 1 amide bonds. The zero-order valence-corrected chi connectivity index (χ0v) is 21.0. The number of nitrogens with zero attached hydrogens (tertiary/aromatic N) is 1. The largest absolute Gasteiger partial charge is 2.00 e. The summed E-state index contributed by atoms with van der Waals surface area (Å²) in [4.78, 5) is 34.8. The molecule has 0 aromatic rings. The van der Waals surface area contributed by atoms with Crippen molar-refractivity contribution >= 4 is 61.5 Å². The maximum absolute atomic E-state index is 11.3. The Labute approximate surface area is 216 Å². The van der Waals surface area contributed by atoms with Crippen LogP contribution in [0, 0.1) is 10.8 Å². The fourth-order valence-electron chi connectivity index (χ4n) is 1.60. The molecule has 13 nitrogen and oxygen atoms in total. The van der Waals surface area contributed by atoms with Gasteiger partial charge in [-0.15, -0.1) is 0 Å². The first kappa shape index (κ1) is 38.2. The summed E-state index contributed by atoms with van der Waals surface area (Å²) in [6.07, 6.45) is -3.34. The maximum Gasteiger partial charge on any atom is 2.00 e. The third-order valence-electron chi connectivity index (χ3n) is 4.00. The molecule has 14 heteroatoms. The van der Waals surface area contributed by atoms with Crippen LogP contribution in [0.1, 0.15) is 40.5 Å². The van der Waals surface area contributed by atoms with Crippen LogP contribution in [-0.4, -0.2) is 131 Å². The fraction of sp³-hybridized carbons (Fsp3) is 0.778. The van der Waals surface area contributed by atoms with Gasteiger partial charge in [-0.3, -0.25) is 9.59 Å². The van der Waals surface area contributed by atoms with Gasteiger partial charge in [-0.1, -0.05) is 27.7 Å². The Morgan fingerprint density at radius 2 is 1.38 bits per heavy atom. The van der Waals surface area contributed by atoms with Gasteiger partial charge in [0.15, 0.2) is 0 Å². The zero-order chi connectivity index (χ0) is 24.1. The summed E-state index contributed by atoms with van der Waals surface area (Å²) >= 11 is 0. The van der Waals surface area contributed by atoms with E-state index < -0.39 is 46.8 Å². The number of nitrogens with one attached hydrogen (secondary N) is 1. The van der Waals surface area contributed by atoms with Crippen molar-refractivity contribution in [3.8, 4) is 0 Å². The molecule has 0 aliphatic heterocycles. The third kappa shape index (κ3) is 16.6. The number of carboxylic acid groups (broad SMARTS) is 2. The van der Waals surface area contributed by atoms with E-state index in [0.29, 0.717) is 0 Å². The van der Waals surface area contributed by atoms with Crippen molar-refractivity contribution in [2.45, 2.75) is 52.7 Å². The molecule has 0 fully saturated rings. The molecule has 0 aromatic carbocycles. The average Bonchev–Trinajstić information content (AvgIpc) is 2.66. The van der Waals surface area contributed by atoms with Crippen LogP contribution >= 0.6 is 0 Å². The van der Waals surface area contributed by atoms with E-state index in [1.54, 1.807) is 0 Å². The maximum atomic E-state index is 11.3. The molecule has 0 aliphatic carbocycles. The van der Waals surface area contributed by atoms with E-state index in [1.165, 1.54) is 27.7 Å². The van der Waals surface area contributed by atoms with Crippen LogP contribution < -0.4 is 15.5 Å². The predicted molar refractivity (Wildman–Crippen MR) is 110 cm³/mol. The number of rotatable bonds is 12. The smallest absolute Gasteiger partial charge is 0.860 e. The Morgan fingerprint density at radius 3 is 1.75 bits per heavy atom. The first-order chi connectivity index (χ1) is 13.6. The number of hydrogen-bond donors (Lipinski definition) is 6. The summed E-state index contributed by atoms with van der Waals surface area (Å²) < 4.78 is 0. The van der Waals surface area contributed by atoms with Gasteiger partial charge in [-0.25, -0.2) is 0 Å². The average molecular weight is 495 g/mol. The van der Waals surface area contributed by atoms with E-state index in [-0.39, 0.29) is 82.4 Å². The van der Waals surface area contributed by atoms with Crippen LogP contribution in [0.15, 0.2) is 4.99 Å². The molecule has 0 aromatic heterocycles. The van der Waals surface area contributed by atoms with Crippen LogP contribution in [0.5, 0.6) is 0 Å². The molecule has 0 unspecified atom stereocenters. The number of aliphatic imine (C=N–C) groups is 1. The first-order valence-electron chi connectivity index (χ1n) is 9.11. The van der Waals surface area contributed by atoms with Crippen molar-refractivity contribution in [3.05, 3.63) is 0 Å². The number of amides is 1. The third-order valence-corrected chi connectivity index (χ3v) is 4.00. The van der Waals surface area contributed by atoms with Crippen LogP contribution in [0.2, 0.25) is 0 Å². The minimum absolute atomic E-state index is 0. The molecule has 0 saturated carbocycles. The van der Waals surface area contributed by atoms with E-state index in [0.717, 1.165) is 0 Å². The van der Waals surface area contributed by atoms with Crippen LogP contribution in [-0.2, 0) is 14.4 Å². The Kier molecular flexibility index (Phi) is 21.9. The molecule has 2 atom stereocenters. The summed E-state index contributed by atoms with van der Waals surface area (Å²) in [5.41, 5.74) is -1.92. The normalized spacial score (nSPS) is 13.3. The first-order valence-corrected chi connectivity index (χ1v) is 9.11. The molecule has 0 aliphatic rings. The minimum atomic E-state index is -1.43. The minimum Gasteiger partial charge on any atom is -0.860 e. The molecule has 0 rings (SSSR count). The molecule has 0 bridgehead atoms. The molecule has 184 valence electrons. The van der Waals surface area contributed by atoms with Gasteiger partial charge in [0, 0.05) is 36.3 Å². The van der Waals surface area contributed by atoms with E-state index >= 15 is 0 Å². The second-order valence-electron chi connectivity index (χ2n) is 7.88. The van der Waals surface area contributed by atoms with Gasteiger partial charge in [0.25, 0.3) is 0 Å².